The largest absolute Gasteiger partial charge is 0.324 e. The molecule has 0 radical (unpaired) electrons. The van der Waals surface area contributed by atoms with Gasteiger partial charge < -0.3 is 5.73 Å². The Balaban J connectivity index is 2.13. The molecular weight excluding hydrogens is 252 g/mol. The van der Waals surface area contributed by atoms with E-state index < -0.39 is 0 Å². The molecule has 0 saturated heterocycles. The van der Waals surface area contributed by atoms with Crippen LogP contribution in [0.25, 0.3) is 0 Å². The fourth-order valence-electron chi connectivity index (χ4n) is 2.09. The van der Waals surface area contributed by atoms with Crippen molar-refractivity contribution in [3.8, 4) is 0 Å². The van der Waals surface area contributed by atoms with Gasteiger partial charge in [0.1, 0.15) is 0 Å². The van der Waals surface area contributed by atoms with E-state index in [-0.39, 0.29) is 6.04 Å². The Labute approximate surface area is 119 Å². The van der Waals surface area contributed by atoms with E-state index in [9.17, 15) is 0 Å². The smallest absolute Gasteiger partial charge is 0.0422 e. The second-order valence-electron chi connectivity index (χ2n) is 4.56. The number of aromatic nitrogens is 1. The van der Waals surface area contributed by atoms with Crippen LogP contribution in [0.5, 0.6) is 0 Å². The van der Waals surface area contributed by atoms with Gasteiger partial charge in [0.15, 0.2) is 0 Å². The molecule has 0 aliphatic rings. The summed E-state index contributed by atoms with van der Waals surface area (Å²) in [6.07, 6.45) is 5.83. The molecule has 0 aliphatic carbocycles. The number of hydrogen-bond acceptors (Lipinski definition) is 3. The predicted octanol–water partition coefficient (Wildman–Crippen LogP) is 3.61. The van der Waals surface area contributed by atoms with Gasteiger partial charge in [-0.05, 0) is 35.9 Å². The quantitative estimate of drug-likeness (QED) is 0.845. The molecule has 0 spiro atoms. The Morgan fingerprint density at radius 3 is 2.63 bits per heavy atom. The lowest BCUT2D eigenvalue weighted by Crippen LogP contribution is -2.15. The zero-order valence-electron chi connectivity index (χ0n) is 11.5. The van der Waals surface area contributed by atoms with Crippen LogP contribution < -0.4 is 5.73 Å². The fraction of sp³-hybridized carbons (Fsp3) is 0.312. The van der Waals surface area contributed by atoms with Crippen molar-refractivity contribution in [2.24, 2.45) is 5.73 Å². The summed E-state index contributed by atoms with van der Waals surface area (Å²) in [6, 6.07) is 12.5. The molecule has 0 fully saturated rings. The third-order valence-electron chi connectivity index (χ3n) is 3.26. The summed E-state index contributed by atoms with van der Waals surface area (Å²) in [5.74, 6) is 0. The number of nitrogens with zero attached hydrogens (tertiary/aromatic N) is 1. The van der Waals surface area contributed by atoms with Crippen molar-refractivity contribution >= 4 is 11.8 Å². The van der Waals surface area contributed by atoms with Gasteiger partial charge in [-0.3, -0.25) is 4.98 Å². The lowest BCUT2D eigenvalue weighted by atomic mass is 10.0. The molecule has 0 amide bonds. The van der Waals surface area contributed by atoms with Gasteiger partial charge >= 0.3 is 0 Å². The zero-order chi connectivity index (χ0) is 13.7. The number of thioether (sulfide) groups is 1. The van der Waals surface area contributed by atoms with Gasteiger partial charge in [-0.25, -0.2) is 0 Å². The molecule has 2 aromatic rings. The van der Waals surface area contributed by atoms with Gasteiger partial charge in [0.05, 0.1) is 0 Å². The summed E-state index contributed by atoms with van der Waals surface area (Å²) in [7, 11) is 0. The molecule has 3 heteroatoms. The minimum absolute atomic E-state index is 0.00336. The molecule has 1 aromatic heterocycles. The molecule has 0 aliphatic heterocycles. The van der Waals surface area contributed by atoms with Gasteiger partial charge in [-0.15, -0.1) is 11.8 Å². The van der Waals surface area contributed by atoms with Crippen molar-refractivity contribution in [3.05, 3.63) is 59.4 Å². The Kier molecular flexibility index (Phi) is 5.00. The molecule has 2 nitrogen and oxygen atoms in total. The first-order valence-electron chi connectivity index (χ1n) is 6.57. The van der Waals surface area contributed by atoms with Crippen molar-refractivity contribution in [1.82, 2.24) is 4.98 Å². The molecule has 2 N–H and O–H groups in total. The van der Waals surface area contributed by atoms with E-state index in [0.717, 1.165) is 18.5 Å². The van der Waals surface area contributed by atoms with Gasteiger partial charge in [0.25, 0.3) is 0 Å². The van der Waals surface area contributed by atoms with Crippen LogP contribution in [0.1, 0.15) is 29.8 Å². The number of hydrogen-bond donors (Lipinski definition) is 1. The van der Waals surface area contributed by atoms with Crippen LogP contribution in [0.2, 0.25) is 0 Å². The maximum atomic E-state index is 6.32. The number of benzene rings is 1. The maximum absolute atomic E-state index is 6.32. The van der Waals surface area contributed by atoms with E-state index in [2.05, 4.69) is 48.5 Å². The van der Waals surface area contributed by atoms with Gasteiger partial charge in [-0.2, -0.15) is 0 Å². The van der Waals surface area contributed by atoms with E-state index in [1.54, 1.807) is 11.8 Å². The molecule has 1 atom stereocenters. The van der Waals surface area contributed by atoms with Crippen LogP contribution in [0.4, 0.5) is 0 Å². The second kappa shape index (κ2) is 6.73. The third-order valence-corrected chi connectivity index (χ3v) is 4.07. The van der Waals surface area contributed by atoms with Crippen LogP contribution in [0.3, 0.4) is 0 Å². The molecule has 2 rings (SSSR count). The summed E-state index contributed by atoms with van der Waals surface area (Å²) in [4.78, 5) is 5.73. The highest BCUT2D eigenvalue weighted by atomic mass is 32.2. The van der Waals surface area contributed by atoms with Crippen LogP contribution >= 0.6 is 11.8 Å². The Hall–Kier alpha value is -1.32. The summed E-state index contributed by atoms with van der Waals surface area (Å²) in [6.45, 7) is 2.14. The average molecular weight is 272 g/mol. The minimum Gasteiger partial charge on any atom is -0.324 e. The third kappa shape index (κ3) is 3.58. The van der Waals surface area contributed by atoms with Crippen molar-refractivity contribution in [3.63, 3.8) is 0 Å². The van der Waals surface area contributed by atoms with Crippen LogP contribution in [-0.4, -0.2) is 11.2 Å². The average Bonchev–Trinajstić information content (AvgIpc) is 2.48. The zero-order valence-corrected chi connectivity index (χ0v) is 12.3. The highest BCUT2D eigenvalue weighted by Crippen LogP contribution is 2.26. The van der Waals surface area contributed by atoms with Crippen LogP contribution in [0.15, 0.2) is 47.5 Å². The number of rotatable bonds is 5. The van der Waals surface area contributed by atoms with E-state index in [1.807, 2.05) is 12.3 Å². The first-order valence-corrected chi connectivity index (χ1v) is 7.79. The highest BCUT2D eigenvalue weighted by Gasteiger charge is 2.11. The molecule has 0 bridgehead atoms. The summed E-state index contributed by atoms with van der Waals surface area (Å²) < 4.78 is 0. The monoisotopic (exact) mass is 272 g/mol. The van der Waals surface area contributed by atoms with Gasteiger partial charge in [0, 0.05) is 29.2 Å². The molecule has 1 unspecified atom stereocenters. The van der Waals surface area contributed by atoms with Crippen LogP contribution in [0, 0.1) is 0 Å². The van der Waals surface area contributed by atoms with Crippen molar-refractivity contribution in [2.75, 3.05) is 6.26 Å². The normalized spacial score (nSPS) is 12.4. The number of pyridine rings is 1. The number of aryl methyl sites for hydroxylation is 1. The minimum atomic E-state index is 0.00336. The van der Waals surface area contributed by atoms with E-state index in [0.29, 0.717) is 0 Å². The molecule has 1 heterocycles. The molecule has 1 aromatic carbocycles. The van der Waals surface area contributed by atoms with Gasteiger partial charge in [-0.1, -0.05) is 31.2 Å². The van der Waals surface area contributed by atoms with Gasteiger partial charge in [0.2, 0.25) is 0 Å². The Morgan fingerprint density at radius 1 is 1.21 bits per heavy atom. The molecule has 0 saturated carbocycles. The molecule has 100 valence electrons. The topological polar surface area (TPSA) is 38.9 Å². The van der Waals surface area contributed by atoms with E-state index in [4.69, 9.17) is 5.73 Å². The summed E-state index contributed by atoms with van der Waals surface area (Å²) in [5.41, 5.74) is 9.85. The maximum Gasteiger partial charge on any atom is 0.0422 e. The van der Waals surface area contributed by atoms with Crippen molar-refractivity contribution < 1.29 is 0 Å². The summed E-state index contributed by atoms with van der Waals surface area (Å²) in [5, 5.41) is 0. The summed E-state index contributed by atoms with van der Waals surface area (Å²) >= 11 is 1.74. The first kappa shape index (κ1) is 14.1. The first-order chi connectivity index (χ1) is 9.24. The predicted molar refractivity (Wildman–Crippen MR) is 82.5 cm³/mol. The van der Waals surface area contributed by atoms with Crippen molar-refractivity contribution in [2.45, 2.75) is 30.7 Å². The fourth-order valence-corrected chi connectivity index (χ4v) is 2.76. The number of nitrogens with two attached hydrogens (primary N) is 1. The molecular formula is C16H20N2S. The highest BCUT2D eigenvalue weighted by molar-refractivity contribution is 7.98. The SMILES string of the molecule is CCc1ccc(CC(N)c2ccccc2SC)nc1. The lowest BCUT2D eigenvalue weighted by Gasteiger charge is -2.15. The molecule has 19 heavy (non-hydrogen) atoms. The standard InChI is InChI=1S/C16H20N2S/c1-3-12-8-9-13(18-11-12)10-15(17)14-6-4-5-7-16(14)19-2/h4-9,11,15H,3,10,17H2,1-2H3. The van der Waals surface area contributed by atoms with Crippen molar-refractivity contribution in [1.29, 1.82) is 0 Å². The van der Waals surface area contributed by atoms with E-state index >= 15 is 0 Å². The Morgan fingerprint density at radius 2 is 2.00 bits per heavy atom. The Bertz CT molecular complexity index is 523. The second-order valence-corrected chi connectivity index (χ2v) is 5.41. The van der Waals surface area contributed by atoms with E-state index in [1.165, 1.54) is 16.0 Å². The lowest BCUT2D eigenvalue weighted by molar-refractivity contribution is 0.693. The van der Waals surface area contributed by atoms with Crippen LogP contribution in [-0.2, 0) is 12.8 Å².